The number of nitrogens with one attached hydrogen (secondary N) is 1. The van der Waals surface area contributed by atoms with E-state index in [4.69, 9.17) is 31.5 Å². The Kier molecular flexibility index (Phi) is 8.33. The lowest BCUT2D eigenvalue weighted by Gasteiger charge is -2.31. The fraction of sp³-hybridized carbons (Fsp3) is 0.323. The highest BCUT2D eigenvalue weighted by Crippen LogP contribution is 2.45. The highest BCUT2D eigenvalue weighted by atomic mass is 35.5. The molecule has 0 radical (unpaired) electrons. The molecule has 0 spiro atoms. The van der Waals surface area contributed by atoms with Crippen molar-refractivity contribution in [3.05, 3.63) is 81.4 Å². The number of hydrogen-bond donors (Lipinski definition) is 3. The summed E-state index contributed by atoms with van der Waals surface area (Å²) in [6, 6.07) is 8.51. The molecule has 2 aromatic carbocycles. The molecular formula is C31H26ClF4N3O6. The minimum atomic E-state index is -5.38. The van der Waals surface area contributed by atoms with Crippen molar-refractivity contribution in [3.8, 4) is 29.1 Å². The normalized spacial score (nSPS) is 18.5. The predicted octanol–water partition coefficient (Wildman–Crippen LogP) is 4.14. The molecule has 2 aliphatic rings. The molecule has 2 amide bonds. The van der Waals surface area contributed by atoms with Crippen LogP contribution in [0.3, 0.4) is 0 Å². The molecule has 14 heteroatoms. The quantitative estimate of drug-likeness (QED) is 0.247. The SMILES string of the molecule is COc1cc(C(=O)NC[C@](O)(c2cc3c(c(C#Cc4ccc(F)c(Cl)c4)n2)OC[C@]3(C)C(N)=O)C(F)(F)F)ccc1OC1CC1. The molecule has 2 atom stereocenters. The summed E-state index contributed by atoms with van der Waals surface area (Å²) < 4.78 is 74.0. The first kappa shape index (κ1) is 31.9. The van der Waals surface area contributed by atoms with Crippen LogP contribution in [0.4, 0.5) is 17.6 Å². The standard InChI is InChI=1S/C31H26ClF4N3O6/c1-29(28(37)41)15-44-26-19(29)13-25(39-22(26)9-4-16-3-8-21(33)20(32)11-16)30(42,31(34,35)36)14-38-27(40)17-5-10-23(24(12-17)43-2)45-18-6-7-18/h3,5,8,10-13,18,42H,6-7,14-15H2,1-2H3,(H2,37,41)(H,38,40)/t29-,30-/m0/s1. The largest absolute Gasteiger partial charge is 0.493 e. The summed E-state index contributed by atoms with van der Waals surface area (Å²) in [5.41, 5.74) is -1.06. The predicted molar refractivity (Wildman–Crippen MR) is 153 cm³/mol. The number of amides is 2. The third kappa shape index (κ3) is 6.21. The van der Waals surface area contributed by atoms with Gasteiger partial charge in [-0.25, -0.2) is 9.37 Å². The Morgan fingerprint density at radius 2 is 1.91 bits per heavy atom. The van der Waals surface area contributed by atoms with E-state index in [0.29, 0.717) is 5.75 Å². The van der Waals surface area contributed by atoms with Gasteiger partial charge in [0, 0.05) is 16.7 Å². The van der Waals surface area contributed by atoms with Crippen molar-refractivity contribution < 1.29 is 46.5 Å². The molecule has 45 heavy (non-hydrogen) atoms. The lowest BCUT2D eigenvalue weighted by molar-refractivity contribution is -0.265. The van der Waals surface area contributed by atoms with Gasteiger partial charge in [0.25, 0.3) is 5.91 Å². The number of aromatic nitrogens is 1. The highest BCUT2D eigenvalue weighted by Gasteiger charge is 2.57. The summed E-state index contributed by atoms with van der Waals surface area (Å²) in [6.07, 6.45) is -3.60. The molecule has 1 aliphatic heterocycles. The number of hydrogen-bond acceptors (Lipinski definition) is 7. The summed E-state index contributed by atoms with van der Waals surface area (Å²) in [5, 5.41) is 13.0. The van der Waals surface area contributed by atoms with Gasteiger partial charge in [0.1, 0.15) is 17.8 Å². The van der Waals surface area contributed by atoms with Crippen LogP contribution in [-0.2, 0) is 15.8 Å². The Bertz CT molecular complexity index is 1750. The van der Waals surface area contributed by atoms with E-state index in [1.807, 2.05) is 0 Å². The van der Waals surface area contributed by atoms with E-state index in [-0.39, 0.29) is 51.6 Å². The summed E-state index contributed by atoms with van der Waals surface area (Å²) in [5.74, 6) is 3.09. The van der Waals surface area contributed by atoms with Gasteiger partial charge in [-0.1, -0.05) is 17.5 Å². The Morgan fingerprint density at radius 1 is 1.18 bits per heavy atom. The second-order valence-corrected chi connectivity index (χ2v) is 11.2. The number of nitrogens with two attached hydrogens (primary N) is 1. The van der Waals surface area contributed by atoms with E-state index in [1.165, 1.54) is 44.4 Å². The molecule has 5 rings (SSSR count). The van der Waals surface area contributed by atoms with E-state index in [1.54, 1.807) is 0 Å². The lowest BCUT2D eigenvalue weighted by atomic mass is 9.82. The molecule has 236 valence electrons. The lowest BCUT2D eigenvalue weighted by Crippen LogP contribution is -2.52. The van der Waals surface area contributed by atoms with Crippen LogP contribution < -0.4 is 25.3 Å². The molecule has 2 heterocycles. The van der Waals surface area contributed by atoms with Crippen LogP contribution in [-0.4, -0.2) is 54.4 Å². The second kappa shape index (κ2) is 11.8. The number of fused-ring (bicyclic) bond motifs is 1. The number of benzene rings is 2. The zero-order valence-electron chi connectivity index (χ0n) is 23.9. The monoisotopic (exact) mass is 647 g/mol. The van der Waals surface area contributed by atoms with Gasteiger partial charge in [0.2, 0.25) is 11.5 Å². The Morgan fingerprint density at radius 3 is 2.53 bits per heavy atom. The van der Waals surface area contributed by atoms with Crippen LogP contribution in [0.15, 0.2) is 42.5 Å². The minimum absolute atomic E-state index is 0.0325. The van der Waals surface area contributed by atoms with Crippen LogP contribution in [0.1, 0.15) is 52.6 Å². The third-order valence-corrected chi connectivity index (χ3v) is 7.79. The van der Waals surface area contributed by atoms with Crippen LogP contribution in [0, 0.1) is 17.7 Å². The maximum atomic E-state index is 14.6. The van der Waals surface area contributed by atoms with E-state index in [9.17, 15) is 32.3 Å². The van der Waals surface area contributed by atoms with Crippen LogP contribution in [0.5, 0.6) is 17.2 Å². The number of alkyl halides is 3. The van der Waals surface area contributed by atoms with Gasteiger partial charge in [-0.2, -0.15) is 13.2 Å². The van der Waals surface area contributed by atoms with Gasteiger partial charge in [-0.15, -0.1) is 0 Å². The number of rotatable bonds is 8. The summed E-state index contributed by atoms with van der Waals surface area (Å²) in [7, 11) is 1.35. The maximum Gasteiger partial charge on any atom is 0.424 e. The number of methoxy groups -OCH3 is 1. The number of aliphatic hydroxyl groups is 1. The van der Waals surface area contributed by atoms with E-state index >= 15 is 0 Å². The average molecular weight is 648 g/mol. The topological polar surface area (TPSA) is 133 Å². The van der Waals surface area contributed by atoms with Crippen molar-refractivity contribution in [3.63, 3.8) is 0 Å². The molecule has 1 saturated carbocycles. The van der Waals surface area contributed by atoms with E-state index in [0.717, 1.165) is 25.0 Å². The molecule has 1 fully saturated rings. The fourth-order valence-electron chi connectivity index (χ4n) is 4.51. The summed E-state index contributed by atoms with van der Waals surface area (Å²) >= 11 is 5.81. The Labute approximate surface area is 259 Å². The third-order valence-electron chi connectivity index (χ3n) is 7.50. The van der Waals surface area contributed by atoms with Gasteiger partial charge >= 0.3 is 6.18 Å². The van der Waals surface area contributed by atoms with Crippen LogP contribution in [0.25, 0.3) is 0 Å². The number of carbonyl (C=O) groups excluding carboxylic acids is 2. The summed E-state index contributed by atoms with van der Waals surface area (Å²) in [6.45, 7) is -0.331. The fourth-order valence-corrected chi connectivity index (χ4v) is 4.69. The Hall–Kier alpha value is -4.54. The number of ether oxygens (including phenoxy) is 3. The minimum Gasteiger partial charge on any atom is -0.493 e. The molecule has 1 aliphatic carbocycles. The van der Waals surface area contributed by atoms with Crippen molar-refractivity contribution >= 4 is 23.4 Å². The molecule has 4 N–H and O–H groups in total. The van der Waals surface area contributed by atoms with E-state index < -0.39 is 47.1 Å². The first-order valence-electron chi connectivity index (χ1n) is 13.5. The second-order valence-electron chi connectivity index (χ2n) is 10.8. The van der Waals surface area contributed by atoms with Gasteiger partial charge in [0.05, 0.1) is 30.5 Å². The number of carbonyl (C=O) groups is 2. The van der Waals surface area contributed by atoms with Crippen molar-refractivity contribution in [2.75, 3.05) is 20.3 Å². The number of halogens is 5. The number of primary amides is 1. The smallest absolute Gasteiger partial charge is 0.424 e. The van der Waals surface area contributed by atoms with Gasteiger partial charge in [0.15, 0.2) is 22.9 Å². The van der Waals surface area contributed by atoms with Gasteiger partial charge in [-0.05, 0) is 68.2 Å². The maximum absolute atomic E-state index is 14.6. The zero-order valence-corrected chi connectivity index (χ0v) is 24.6. The van der Waals surface area contributed by atoms with Crippen molar-refractivity contribution in [2.24, 2.45) is 5.73 Å². The van der Waals surface area contributed by atoms with Crippen LogP contribution >= 0.6 is 11.6 Å². The van der Waals surface area contributed by atoms with Crippen LogP contribution in [0.2, 0.25) is 5.02 Å². The summed E-state index contributed by atoms with van der Waals surface area (Å²) in [4.78, 5) is 29.3. The molecule has 0 bridgehead atoms. The molecule has 3 aromatic rings. The first-order valence-corrected chi connectivity index (χ1v) is 13.9. The average Bonchev–Trinajstić information content (AvgIpc) is 3.75. The molecule has 9 nitrogen and oxygen atoms in total. The highest BCUT2D eigenvalue weighted by molar-refractivity contribution is 6.30. The molecule has 1 aromatic heterocycles. The van der Waals surface area contributed by atoms with Crippen molar-refractivity contribution in [1.29, 1.82) is 0 Å². The van der Waals surface area contributed by atoms with E-state index in [2.05, 4.69) is 22.1 Å². The zero-order chi connectivity index (χ0) is 32.7. The molecular weight excluding hydrogens is 622 g/mol. The van der Waals surface area contributed by atoms with Gasteiger partial charge in [-0.3, -0.25) is 9.59 Å². The number of nitrogens with zero attached hydrogens (tertiary/aromatic N) is 1. The first-order chi connectivity index (χ1) is 21.2. The Balaban J connectivity index is 1.52. The van der Waals surface area contributed by atoms with Gasteiger partial charge < -0.3 is 30.4 Å². The molecule has 0 unspecified atom stereocenters. The van der Waals surface area contributed by atoms with Crippen molar-refractivity contribution in [2.45, 2.75) is 43.1 Å². The number of pyridine rings is 1. The molecule has 0 saturated heterocycles. The van der Waals surface area contributed by atoms with Crippen molar-refractivity contribution in [1.82, 2.24) is 10.3 Å².